The highest BCUT2D eigenvalue weighted by atomic mass is 32.2. The molecule has 1 aliphatic heterocycles. The van der Waals surface area contributed by atoms with Gasteiger partial charge in [0.2, 0.25) is 10.0 Å². The third-order valence-corrected chi connectivity index (χ3v) is 6.00. The van der Waals surface area contributed by atoms with Crippen LogP contribution in [0.2, 0.25) is 0 Å². The van der Waals surface area contributed by atoms with Crippen molar-refractivity contribution < 1.29 is 8.42 Å². The van der Waals surface area contributed by atoms with Gasteiger partial charge in [-0.05, 0) is 30.6 Å². The molecule has 2 aliphatic carbocycles. The summed E-state index contributed by atoms with van der Waals surface area (Å²) in [7, 11) is -2.91. The summed E-state index contributed by atoms with van der Waals surface area (Å²) in [6.45, 7) is 2.18. The lowest BCUT2D eigenvalue weighted by atomic mass is 9.86. The molecule has 0 spiro atoms. The molecule has 0 aromatic rings. The van der Waals surface area contributed by atoms with E-state index in [2.05, 4.69) is 11.6 Å². The van der Waals surface area contributed by atoms with Gasteiger partial charge in [-0.15, -0.1) is 0 Å². The Labute approximate surface area is 72.6 Å². The molecular weight excluding hydrogens is 174 g/mol. The highest BCUT2D eigenvalue weighted by Crippen LogP contribution is 2.54. The van der Waals surface area contributed by atoms with Crippen LogP contribution in [-0.4, -0.2) is 19.7 Å². The Kier molecular flexibility index (Phi) is 1.14. The van der Waals surface area contributed by atoms with E-state index in [4.69, 9.17) is 0 Å². The third kappa shape index (κ3) is 0.646. The van der Waals surface area contributed by atoms with E-state index in [0.717, 1.165) is 12.8 Å². The van der Waals surface area contributed by atoms with Crippen LogP contribution < -0.4 is 4.72 Å². The zero-order valence-corrected chi connectivity index (χ0v) is 7.84. The molecule has 3 fully saturated rings. The minimum absolute atomic E-state index is 0.0382. The molecule has 0 amide bonds. The molecule has 0 aromatic heterocycles. The Morgan fingerprint density at radius 1 is 1.33 bits per heavy atom. The van der Waals surface area contributed by atoms with E-state index >= 15 is 0 Å². The number of sulfonamides is 1. The number of hydrogen-bond acceptors (Lipinski definition) is 2. The van der Waals surface area contributed by atoms with E-state index in [9.17, 15) is 8.42 Å². The molecule has 1 saturated heterocycles. The molecule has 3 aliphatic rings. The SMILES string of the molecule is CC1C2CC3C1NS(=O)(=O)C3C2. The molecule has 2 saturated carbocycles. The molecule has 0 radical (unpaired) electrons. The summed E-state index contributed by atoms with van der Waals surface area (Å²) in [5.74, 6) is 1.69. The molecule has 3 nitrogen and oxygen atoms in total. The largest absolute Gasteiger partial charge is 0.215 e. The smallest absolute Gasteiger partial charge is 0.212 e. The second-order valence-corrected chi connectivity index (χ2v) is 6.41. The van der Waals surface area contributed by atoms with Crippen molar-refractivity contribution in [2.45, 2.75) is 31.1 Å². The number of nitrogens with one attached hydrogen (secondary N) is 1. The lowest BCUT2D eigenvalue weighted by molar-refractivity contribution is 0.324. The van der Waals surface area contributed by atoms with E-state index in [1.165, 1.54) is 0 Å². The van der Waals surface area contributed by atoms with Gasteiger partial charge >= 0.3 is 0 Å². The summed E-state index contributed by atoms with van der Waals surface area (Å²) in [6, 6.07) is 0.277. The zero-order valence-electron chi connectivity index (χ0n) is 7.03. The lowest BCUT2D eigenvalue weighted by Crippen LogP contribution is -2.32. The van der Waals surface area contributed by atoms with Crippen LogP contribution in [0.4, 0.5) is 0 Å². The van der Waals surface area contributed by atoms with Crippen LogP contribution >= 0.6 is 0 Å². The van der Waals surface area contributed by atoms with Gasteiger partial charge in [0.1, 0.15) is 0 Å². The Morgan fingerprint density at radius 2 is 2.08 bits per heavy atom. The molecule has 1 N–H and O–H groups in total. The Hall–Kier alpha value is -0.0900. The fraction of sp³-hybridized carbons (Fsp3) is 1.00. The number of fused-ring (bicyclic) bond motifs is 1. The first-order valence-corrected chi connectivity index (χ1v) is 6.15. The van der Waals surface area contributed by atoms with Gasteiger partial charge < -0.3 is 0 Å². The standard InChI is InChI=1S/C8H13NO2S/c1-4-5-2-6-7(3-5)12(10,11)9-8(4)6/h4-9H,2-3H2,1H3. The number of hydrogen-bond donors (Lipinski definition) is 1. The maximum Gasteiger partial charge on any atom is 0.215 e. The van der Waals surface area contributed by atoms with E-state index in [-0.39, 0.29) is 11.3 Å². The predicted octanol–water partition coefficient (Wildman–Crippen LogP) is 0.333. The monoisotopic (exact) mass is 187 g/mol. The van der Waals surface area contributed by atoms with E-state index in [1.807, 2.05) is 0 Å². The van der Waals surface area contributed by atoms with E-state index < -0.39 is 10.0 Å². The first-order chi connectivity index (χ1) is 5.59. The van der Waals surface area contributed by atoms with Crippen LogP contribution in [-0.2, 0) is 10.0 Å². The summed E-state index contributed by atoms with van der Waals surface area (Å²) in [4.78, 5) is 0. The van der Waals surface area contributed by atoms with Gasteiger partial charge in [-0.1, -0.05) is 6.92 Å². The second kappa shape index (κ2) is 1.87. The quantitative estimate of drug-likeness (QED) is 0.594. The minimum atomic E-state index is -2.91. The van der Waals surface area contributed by atoms with Crippen LogP contribution in [0, 0.1) is 17.8 Å². The van der Waals surface area contributed by atoms with Crippen LogP contribution in [0.3, 0.4) is 0 Å². The van der Waals surface area contributed by atoms with Gasteiger partial charge in [-0.2, -0.15) is 0 Å². The van der Waals surface area contributed by atoms with Crippen molar-refractivity contribution in [2.24, 2.45) is 17.8 Å². The summed E-state index contributed by atoms with van der Waals surface area (Å²) in [5, 5.41) is -0.0382. The van der Waals surface area contributed by atoms with Crippen LogP contribution in [0.15, 0.2) is 0 Å². The number of rotatable bonds is 0. The van der Waals surface area contributed by atoms with Gasteiger partial charge in [-0.25, -0.2) is 13.1 Å². The topological polar surface area (TPSA) is 46.2 Å². The van der Waals surface area contributed by atoms with Gasteiger partial charge in [0.25, 0.3) is 0 Å². The van der Waals surface area contributed by atoms with Crippen LogP contribution in [0.25, 0.3) is 0 Å². The van der Waals surface area contributed by atoms with Crippen molar-refractivity contribution in [3.63, 3.8) is 0 Å². The average molecular weight is 187 g/mol. The first-order valence-electron chi connectivity index (χ1n) is 4.61. The molecule has 2 bridgehead atoms. The molecule has 1 heterocycles. The van der Waals surface area contributed by atoms with E-state index in [1.54, 1.807) is 0 Å². The second-order valence-electron chi connectivity index (χ2n) is 4.48. The summed E-state index contributed by atoms with van der Waals surface area (Å²) in [6.07, 6.45) is 2.06. The van der Waals surface area contributed by atoms with E-state index in [0.29, 0.717) is 17.8 Å². The Bertz CT molecular complexity index is 324. The fourth-order valence-electron chi connectivity index (χ4n) is 3.39. The van der Waals surface area contributed by atoms with Crippen molar-refractivity contribution in [2.75, 3.05) is 0 Å². The third-order valence-electron chi connectivity index (χ3n) is 4.06. The summed E-state index contributed by atoms with van der Waals surface area (Å²) < 4.78 is 25.8. The molecular formula is C8H13NO2S. The maximum absolute atomic E-state index is 11.5. The zero-order chi connectivity index (χ0) is 8.51. The van der Waals surface area contributed by atoms with Crippen LogP contribution in [0.5, 0.6) is 0 Å². The van der Waals surface area contributed by atoms with Crippen molar-refractivity contribution in [3.8, 4) is 0 Å². The lowest BCUT2D eigenvalue weighted by Gasteiger charge is -2.21. The maximum atomic E-state index is 11.5. The van der Waals surface area contributed by atoms with Crippen molar-refractivity contribution in [3.05, 3.63) is 0 Å². The molecule has 68 valence electrons. The van der Waals surface area contributed by atoms with Crippen molar-refractivity contribution in [1.29, 1.82) is 0 Å². The van der Waals surface area contributed by atoms with Gasteiger partial charge in [0.15, 0.2) is 0 Å². The summed E-state index contributed by atoms with van der Waals surface area (Å²) >= 11 is 0. The highest BCUT2D eigenvalue weighted by Gasteiger charge is 2.60. The minimum Gasteiger partial charge on any atom is -0.212 e. The highest BCUT2D eigenvalue weighted by molar-refractivity contribution is 7.90. The molecule has 3 rings (SSSR count). The normalized spacial score (nSPS) is 59.6. The molecule has 5 atom stereocenters. The summed E-state index contributed by atoms with van der Waals surface area (Å²) in [5.41, 5.74) is 0. The van der Waals surface area contributed by atoms with Crippen molar-refractivity contribution in [1.82, 2.24) is 4.72 Å². The molecule has 4 heteroatoms. The molecule has 12 heavy (non-hydrogen) atoms. The van der Waals surface area contributed by atoms with Gasteiger partial charge in [0, 0.05) is 6.04 Å². The van der Waals surface area contributed by atoms with Crippen LogP contribution in [0.1, 0.15) is 19.8 Å². The van der Waals surface area contributed by atoms with Gasteiger partial charge in [-0.3, -0.25) is 0 Å². The van der Waals surface area contributed by atoms with Crippen molar-refractivity contribution >= 4 is 10.0 Å². The fourth-order valence-corrected chi connectivity index (χ4v) is 5.57. The first kappa shape index (κ1) is 7.33. The molecule has 0 aromatic carbocycles. The Balaban J connectivity index is 2.11. The molecule has 5 unspecified atom stereocenters. The Morgan fingerprint density at radius 3 is 2.67 bits per heavy atom. The van der Waals surface area contributed by atoms with Gasteiger partial charge in [0.05, 0.1) is 5.25 Å². The average Bonchev–Trinajstić information content (AvgIpc) is 2.54. The predicted molar refractivity (Wildman–Crippen MR) is 45.0 cm³/mol.